The van der Waals surface area contributed by atoms with Crippen LogP contribution in [0.15, 0.2) is 53.0 Å². The zero-order valence-corrected chi connectivity index (χ0v) is 17.7. The Morgan fingerprint density at radius 1 is 1.23 bits per heavy atom. The van der Waals surface area contributed by atoms with Gasteiger partial charge in [-0.1, -0.05) is 29.8 Å². The van der Waals surface area contributed by atoms with Gasteiger partial charge in [0.1, 0.15) is 18.1 Å². The van der Waals surface area contributed by atoms with E-state index in [1.54, 1.807) is 25.1 Å². The molecule has 0 aliphatic heterocycles. The molecule has 156 valence electrons. The highest BCUT2D eigenvalue weighted by atomic mass is 35.5. The molecule has 2 aromatic carbocycles. The van der Waals surface area contributed by atoms with Crippen LogP contribution in [0.5, 0.6) is 11.5 Å². The molecule has 0 saturated carbocycles. The fourth-order valence-electron chi connectivity index (χ4n) is 2.76. The number of rotatable bonds is 8. The van der Waals surface area contributed by atoms with Crippen molar-refractivity contribution in [2.75, 3.05) is 13.7 Å². The van der Waals surface area contributed by atoms with Gasteiger partial charge in [0.05, 0.1) is 18.7 Å². The van der Waals surface area contributed by atoms with Crippen LogP contribution >= 0.6 is 11.6 Å². The molecule has 0 aliphatic carbocycles. The molecule has 0 atom stereocenters. The molecule has 0 unspecified atom stereocenters. The maximum atomic E-state index is 12.1. The number of carbonyl (C=O) groups is 1. The number of carbonyl (C=O) groups excluding carboxylic acids is 1. The van der Waals surface area contributed by atoms with Gasteiger partial charge in [-0.2, -0.15) is 0 Å². The molecular formula is C23H22ClNO5. The van der Waals surface area contributed by atoms with Gasteiger partial charge in [0, 0.05) is 11.6 Å². The largest absolute Gasteiger partial charge is 0.491 e. The van der Waals surface area contributed by atoms with Crippen LogP contribution in [0.1, 0.15) is 23.9 Å². The number of hydrogen-bond acceptors (Lipinski definition) is 6. The number of oxazole rings is 1. The average Bonchev–Trinajstić information content (AvgIpc) is 3.12. The molecule has 3 aromatic rings. The van der Waals surface area contributed by atoms with E-state index in [0.29, 0.717) is 46.0 Å². The summed E-state index contributed by atoms with van der Waals surface area (Å²) in [5, 5.41) is 0.392. The van der Waals surface area contributed by atoms with Crippen LogP contribution in [0.3, 0.4) is 0 Å². The van der Waals surface area contributed by atoms with E-state index in [1.165, 1.54) is 13.2 Å². The van der Waals surface area contributed by atoms with Crippen molar-refractivity contribution >= 4 is 23.6 Å². The molecular weight excluding hydrogens is 406 g/mol. The molecule has 0 fully saturated rings. The lowest BCUT2D eigenvalue weighted by Crippen LogP contribution is -2.02. The molecule has 1 aromatic heterocycles. The average molecular weight is 428 g/mol. The van der Waals surface area contributed by atoms with Crippen LogP contribution in [-0.2, 0) is 16.1 Å². The second-order valence-corrected chi connectivity index (χ2v) is 6.70. The quantitative estimate of drug-likeness (QED) is 0.351. The van der Waals surface area contributed by atoms with Crippen LogP contribution in [-0.4, -0.2) is 24.7 Å². The first-order valence-corrected chi connectivity index (χ1v) is 9.76. The molecule has 0 amide bonds. The van der Waals surface area contributed by atoms with E-state index >= 15 is 0 Å². The molecule has 6 nitrogen and oxygen atoms in total. The third kappa shape index (κ3) is 5.21. The van der Waals surface area contributed by atoms with E-state index in [9.17, 15) is 4.79 Å². The highest BCUT2D eigenvalue weighted by Gasteiger charge is 2.13. The molecule has 0 N–H and O–H groups in total. The minimum atomic E-state index is -0.511. The Morgan fingerprint density at radius 2 is 2.00 bits per heavy atom. The van der Waals surface area contributed by atoms with Gasteiger partial charge in [-0.15, -0.1) is 0 Å². The van der Waals surface area contributed by atoms with Crippen LogP contribution in [0.4, 0.5) is 0 Å². The number of ether oxygens (including phenoxy) is 3. The Balaban J connectivity index is 1.65. The second-order valence-electron chi connectivity index (χ2n) is 6.30. The summed E-state index contributed by atoms with van der Waals surface area (Å²) in [4.78, 5) is 16.6. The Hall–Kier alpha value is -3.25. The predicted molar refractivity (Wildman–Crippen MR) is 115 cm³/mol. The van der Waals surface area contributed by atoms with E-state index in [0.717, 1.165) is 5.56 Å². The van der Waals surface area contributed by atoms with Crippen LogP contribution in [0.25, 0.3) is 17.5 Å². The summed E-state index contributed by atoms with van der Waals surface area (Å²) >= 11 is 6.22. The Morgan fingerprint density at radius 3 is 2.70 bits per heavy atom. The van der Waals surface area contributed by atoms with Crippen molar-refractivity contribution in [1.82, 2.24) is 4.98 Å². The van der Waals surface area contributed by atoms with Crippen LogP contribution in [0.2, 0.25) is 5.02 Å². The van der Waals surface area contributed by atoms with Crippen molar-refractivity contribution < 1.29 is 23.4 Å². The van der Waals surface area contributed by atoms with Crippen molar-refractivity contribution in [3.8, 4) is 23.0 Å². The van der Waals surface area contributed by atoms with E-state index in [4.69, 9.17) is 30.2 Å². The summed E-state index contributed by atoms with van der Waals surface area (Å²) in [6.45, 7) is 4.12. The van der Waals surface area contributed by atoms with Crippen molar-refractivity contribution in [3.05, 3.63) is 70.6 Å². The highest BCUT2D eigenvalue weighted by Crippen LogP contribution is 2.36. The maximum Gasteiger partial charge on any atom is 0.331 e. The van der Waals surface area contributed by atoms with E-state index in [1.807, 2.05) is 37.3 Å². The molecule has 0 saturated heterocycles. The highest BCUT2D eigenvalue weighted by molar-refractivity contribution is 6.32. The van der Waals surface area contributed by atoms with Gasteiger partial charge < -0.3 is 18.6 Å². The van der Waals surface area contributed by atoms with E-state index in [2.05, 4.69) is 4.98 Å². The minimum absolute atomic E-state index is 0.0128. The summed E-state index contributed by atoms with van der Waals surface area (Å²) in [5.74, 6) is 1.55. The Labute approximate surface area is 180 Å². The number of halogens is 1. The fourth-order valence-corrected chi connectivity index (χ4v) is 3.06. The first-order valence-electron chi connectivity index (χ1n) is 9.38. The van der Waals surface area contributed by atoms with Gasteiger partial charge in [0.2, 0.25) is 5.89 Å². The molecule has 0 aliphatic rings. The standard InChI is InChI=1S/C23H22ClNO5/c1-4-28-20-13-16(12-18(24)22(20)27-3)10-11-21(26)29-14-19-15(2)30-23(25-19)17-8-6-5-7-9-17/h5-13H,4,14H2,1-3H3/b11-10+. The number of esters is 1. The lowest BCUT2D eigenvalue weighted by Gasteiger charge is -2.11. The number of nitrogens with zero attached hydrogens (tertiary/aromatic N) is 1. The summed E-state index contributed by atoms with van der Waals surface area (Å²) in [6.07, 6.45) is 2.92. The number of aryl methyl sites for hydroxylation is 1. The van der Waals surface area contributed by atoms with Crippen molar-refractivity contribution in [2.45, 2.75) is 20.5 Å². The van der Waals surface area contributed by atoms with Crippen LogP contribution in [0, 0.1) is 6.92 Å². The van der Waals surface area contributed by atoms with E-state index < -0.39 is 5.97 Å². The molecule has 7 heteroatoms. The lowest BCUT2D eigenvalue weighted by molar-refractivity contribution is -0.139. The van der Waals surface area contributed by atoms with E-state index in [-0.39, 0.29) is 6.61 Å². The summed E-state index contributed by atoms with van der Waals surface area (Å²) in [7, 11) is 1.52. The fraction of sp³-hybridized carbons (Fsp3) is 0.217. The lowest BCUT2D eigenvalue weighted by atomic mass is 10.2. The zero-order chi connectivity index (χ0) is 21.5. The molecule has 0 spiro atoms. The van der Waals surface area contributed by atoms with Crippen molar-refractivity contribution in [1.29, 1.82) is 0 Å². The van der Waals surface area contributed by atoms with Crippen molar-refractivity contribution in [3.63, 3.8) is 0 Å². The Bertz CT molecular complexity index is 1040. The third-order valence-electron chi connectivity index (χ3n) is 4.21. The number of benzene rings is 2. The summed E-state index contributed by atoms with van der Waals surface area (Å²) in [6, 6.07) is 13.0. The monoisotopic (exact) mass is 427 g/mol. The number of methoxy groups -OCH3 is 1. The SMILES string of the molecule is CCOc1cc(/C=C/C(=O)OCc2nc(-c3ccccc3)oc2C)cc(Cl)c1OC. The van der Waals surface area contributed by atoms with Crippen LogP contribution < -0.4 is 9.47 Å². The van der Waals surface area contributed by atoms with Gasteiger partial charge in [0.25, 0.3) is 0 Å². The van der Waals surface area contributed by atoms with Gasteiger partial charge in [-0.05, 0) is 49.8 Å². The number of hydrogen-bond donors (Lipinski definition) is 0. The molecule has 30 heavy (non-hydrogen) atoms. The third-order valence-corrected chi connectivity index (χ3v) is 4.49. The molecule has 0 bridgehead atoms. The van der Waals surface area contributed by atoms with Gasteiger partial charge >= 0.3 is 5.97 Å². The summed E-state index contributed by atoms with van der Waals surface area (Å²) < 4.78 is 21.8. The first kappa shape index (κ1) is 21.5. The van der Waals surface area contributed by atoms with Gasteiger partial charge in [-0.3, -0.25) is 0 Å². The smallest absolute Gasteiger partial charge is 0.331 e. The molecule has 0 radical (unpaired) electrons. The zero-order valence-electron chi connectivity index (χ0n) is 17.0. The first-order chi connectivity index (χ1) is 14.5. The van der Waals surface area contributed by atoms with Gasteiger partial charge in [-0.25, -0.2) is 9.78 Å². The normalized spacial score (nSPS) is 10.9. The maximum absolute atomic E-state index is 12.1. The predicted octanol–water partition coefficient (Wildman–Crippen LogP) is 5.47. The number of aromatic nitrogens is 1. The Kier molecular flexibility index (Phi) is 7.14. The van der Waals surface area contributed by atoms with Crippen molar-refractivity contribution in [2.24, 2.45) is 0 Å². The van der Waals surface area contributed by atoms with Gasteiger partial charge in [0.15, 0.2) is 11.5 Å². The minimum Gasteiger partial charge on any atom is -0.491 e. The molecule has 3 rings (SSSR count). The topological polar surface area (TPSA) is 70.8 Å². The summed E-state index contributed by atoms with van der Waals surface area (Å²) in [5.41, 5.74) is 2.12. The molecule has 1 heterocycles. The second kappa shape index (κ2) is 9.98.